The summed E-state index contributed by atoms with van der Waals surface area (Å²) in [6, 6.07) is 0.496. The number of aromatic amines is 1. The molecule has 0 aromatic carbocycles. The molecule has 3 rings (SSSR count). The van der Waals surface area contributed by atoms with E-state index in [-0.39, 0.29) is 0 Å². The first kappa shape index (κ1) is 12.2. The summed E-state index contributed by atoms with van der Waals surface area (Å²) >= 11 is 0. The summed E-state index contributed by atoms with van der Waals surface area (Å²) < 4.78 is 0. The molecule has 1 unspecified atom stereocenters. The average Bonchev–Trinajstić information content (AvgIpc) is 3.15. The number of nitrogens with one attached hydrogen (secondary N) is 2. The third-order valence-electron chi connectivity index (χ3n) is 3.85. The predicted molar refractivity (Wildman–Crippen MR) is 76.4 cm³/mol. The molecule has 0 aliphatic heterocycles. The van der Waals surface area contributed by atoms with Gasteiger partial charge in [0.25, 0.3) is 0 Å². The number of nitrogens with zero attached hydrogens (tertiary/aromatic N) is 4. The van der Waals surface area contributed by atoms with Gasteiger partial charge in [0.05, 0.1) is 6.33 Å². The molecule has 2 aromatic heterocycles. The number of hydrogen-bond acceptors (Lipinski definition) is 5. The Kier molecular flexibility index (Phi) is 3.00. The van der Waals surface area contributed by atoms with E-state index >= 15 is 0 Å². The minimum Gasteiger partial charge on any atom is -0.355 e. The van der Waals surface area contributed by atoms with E-state index in [9.17, 15) is 0 Å². The van der Waals surface area contributed by atoms with Crippen LogP contribution in [0.5, 0.6) is 0 Å². The van der Waals surface area contributed by atoms with Gasteiger partial charge < -0.3 is 15.2 Å². The van der Waals surface area contributed by atoms with E-state index in [1.54, 1.807) is 6.33 Å². The first-order chi connectivity index (χ1) is 9.20. The van der Waals surface area contributed by atoms with E-state index in [2.05, 4.69) is 44.1 Å². The van der Waals surface area contributed by atoms with Crippen LogP contribution < -0.4 is 10.2 Å². The van der Waals surface area contributed by atoms with Crippen molar-refractivity contribution in [3.05, 3.63) is 6.33 Å². The first-order valence-electron chi connectivity index (χ1n) is 6.88. The van der Waals surface area contributed by atoms with Gasteiger partial charge in [-0.15, -0.1) is 0 Å². The highest BCUT2D eigenvalue weighted by Crippen LogP contribution is 2.37. The molecule has 1 aliphatic carbocycles. The molecular formula is C13H20N6. The summed E-state index contributed by atoms with van der Waals surface area (Å²) in [5.41, 5.74) is 1.63. The van der Waals surface area contributed by atoms with Crippen molar-refractivity contribution < 1.29 is 0 Å². The molecule has 0 spiro atoms. The van der Waals surface area contributed by atoms with Crippen LogP contribution in [-0.4, -0.2) is 39.6 Å². The standard InChI is InChI=1S/C13H20N6/c1-4-14-13-17-11-10(15-7-16-11)12(18-13)19(3)8(2)9-5-6-9/h7-9H,4-6H2,1-3H3,(H2,14,15,16,17,18). The maximum atomic E-state index is 4.63. The molecule has 6 nitrogen and oxygen atoms in total. The summed E-state index contributed by atoms with van der Waals surface area (Å²) in [5, 5.41) is 3.17. The van der Waals surface area contributed by atoms with Crippen molar-refractivity contribution in [1.82, 2.24) is 19.9 Å². The number of H-pyrrole nitrogens is 1. The summed E-state index contributed by atoms with van der Waals surface area (Å²) in [6.45, 7) is 5.10. The van der Waals surface area contributed by atoms with Crippen molar-refractivity contribution in [3.8, 4) is 0 Å². The quantitative estimate of drug-likeness (QED) is 0.860. The molecule has 1 saturated carbocycles. The van der Waals surface area contributed by atoms with Crippen LogP contribution in [0, 0.1) is 5.92 Å². The topological polar surface area (TPSA) is 69.7 Å². The Morgan fingerprint density at radius 1 is 1.47 bits per heavy atom. The van der Waals surface area contributed by atoms with Gasteiger partial charge in [-0.1, -0.05) is 0 Å². The SMILES string of the molecule is CCNc1nc(N(C)C(C)C2CC2)c2[nH]cnc2n1. The van der Waals surface area contributed by atoms with Crippen molar-refractivity contribution in [2.24, 2.45) is 5.92 Å². The second-order valence-corrected chi connectivity index (χ2v) is 5.19. The van der Waals surface area contributed by atoms with Crippen molar-refractivity contribution in [2.75, 3.05) is 23.8 Å². The zero-order valence-electron chi connectivity index (χ0n) is 11.6. The Labute approximate surface area is 112 Å². The highest BCUT2D eigenvalue weighted by molar-refractivity contribution is 5.84. The molecule has 0 saturated heterocycles. The van der Waals surface area contributed by atoms with E-state index in [1.165, 1.54) is 12.8 Å². The van der Waals surface area contributed by atoms with Gasteiger partial charge in [0, 0.05) is 19.6 Å². The van der Waals surface area contributed by atoms with E-state index in [0.717, 1.165) is 29.4 Å². The molecule has 1 fully saturated rings. The molecule has 0 amide bonds. The summed E-state index contributed by atoms with van der Waals surface area (Å²) in [6.07, 6.45) is 4.32. The van der Waals surface area contributed by atoms with Gasteiger partial charge in [0.1, 0.15) is 5.52 Å². The lowest BCUT2D eigenvalue weighted by atomic mass is 10.2. The molecule has 19 heavy (non-hydrogen) atoms. The maximum Gasteiger partial charge on any atom is 0.226 e. The smallest absolute Gasteiger partial charge is 0.226 e. The van der Waals surface area contributed by atoms with Crippen molar-refractivity contribution >= 4 is 22.9 Å². The van der Waals surface area contributed by atoms with Gasteiger partial charge in [-0.2, -0.15) is 9.97 Å². The summed E-state index contributed by atoms with van der Waals surface area (Å²) in [5.74, 6) is 2.37. The van der Waals surface area contributed by atoms with Crippen LogP contribution in [0.1, 0.15) is 26.7 Å². The van der Waals surface area contributed by atoms with Crippen LogP contribution in [0.2, 0.25) is 0 Å². The van der Waals surface area contributed by atoms with E-state index < -0.39 is 0 Å². The van der Waals surface area contributed by atoms with Crippen molar-refractivity contribution in [2.45, 2.75) is 32.7 Å². The molecule has 6 heteroatoms. The molecule has 2 aromatic rings. The molecule has 102 valence electrons. The number of aromatic nitrogens is 4. The van der Waals surface area contributed by atoms with E-state index in [0.29, 0.717) is 12.0 Å². The molecule has 1 aliphatic rings. The molecule has 2 heterocycles. The lowest BCUT2D eigenvalue weighted by Gasteiger charge is -2.26. The van der Waals surface area contributed by atoms with Gasteiger partial charge in [-0.05, 0) is 32.6 Å². The fraction of sp³-hybridized carbons (Fsp3) is 0.615. The Morgan fingerprint density at radius 2 is 2.26 bits per heavy atom. The monoisotopic (exact) mass is 260 g/mol. The Bertz CT molecular complexity index is 574. The minimum atomic E-state index is 0.496. The van der Waals surface area contributed by atoms with Gasteiger partial charge in [-0.3, -0.25) is 0 Å². The second-order valence-electron chi connectivity index (χ2n) is 5.19. The lowest BCUT2D eigenvalue weighted by Crippen LogP contribution is -2.31. The van der Waals surface area contributed by atoms with Crippen LogP contribution in [0.15, 0.2) is 6.33 Å². The molecule has 0 bridgehead atoms. The third-order valence-corrected chi connectivity index (χ3v) is 3.85. The maximum absolute atomic E-state index is 4.63. The largest absolute Gasteiger partial charge is 0.355 e. The highest BCUT2D eigenvalue weighted by atomic mass is 15.3. The summed E-state index contributed by atoms with van der Waals surface area (Å²) in [4.78, 5) is 18.7. The normalized spacial score (nSPS) is 16.6. The van der Waals surface area contributed by atoms with Crippen LogP contribution in [0.3, 0.4) is 0 Å². The Morgan fingerprint density at radius 3 is 2.95 bits per heavy atom. The zero-order valence-corrected chi connectivity index (χ0v) is 11.6. The summed E-state index contributed by atoms with van der Waals surface area (Å²) in [7, 11) is 2.10. The Balaban J connectivity index is 2.01. The highest BCUT2D eigenvalue weighted by Gasteiger charge is 2.32. The molecule has 2 N–H and O–H groups in total. The van der Waals surface area contributed by atoms with Crippen molar-refractivity contribution in [1.29, 1.82) is 0 Å². The van der Waals surface area contributed by atoms with Gasteiger partial charge in [0.2, 0.25) is 5.95 Å². The van der Waals surface area contributed by atoms with E-state index in [1.807, 2.05) is 6.92 Å². The van der Waals surface area contributed by atoms with E-state index in [4.69, 9.17) is 0 Å². The number of fused-ring (bicyclic) bond motifs is 1. The number of rotatable bonds is 5. The average molecular weight is 260 g/mol. The van der Waals surface area contributed by atoms with Crippen LogP contribution in [0.25, 0.3) is 11.2 Å². The fourth-order valence-electron chi connectivity index (χ4n) is 2.40. The second kappa shape index (κ2) is 4.68. The molecular weight excluding hydrogens is 240 g/mol. The predicted octanol–water partition coefficient (Wildman–Crippen LogP) is 2.02. The van der Waals surface area contributed by atoms with Crippen LogP contribution in [0.4, 0.5) is 11.8 Å². The van der Waals surface area contributed by atoms with Gasteiger partial charge >= 0.3 is 0 Å². The number of hydrogen-bond donors (Lipinski definition) is 2. The Hall–Kier alpha value is -1.85. The first-order valence-corrected chi connectivity index (χ1v) is 6.88. The lowest BCUT2D eigenvalue weighted by molar-refractivity contribution is 0.605. The van der Waals surface area contributed by atoms with Gasteiger partial charge in [-0.25, -0.2) is 4.98 Å². The fourth-order valence-corrected chi connectivity index (χ4v) is 2.40. The zero-order chi connectivity index (χ0) is 13.4. The molecule has 1 atom stereocenters. The van der Waals surface area contributed by atoms with Gasteiger partial charge in [0.15, 0.2) is 11.5 Å². The van der Waals surface area contributed by atoms with Crippen LogP contribution in [-0.2, 0) is 0 Å². The van der Waals surface area contributed by atoms with Crippen LogP contribution >= 0.6 is 0 Å². The van der Waals surface area contributed by atoms with Crippen molar-refractivity contribution in [3.63, 3.8) is 0 Å². The number of imidazole rings is 1. The minimum absolute atomic E-state index is 0.496. The number of anilines is 2. The molecule has 0 radical (unpaired) electrons. The third kappa shape index (κ3) is 2.22.